The van der Waals surface area contributed by atoms with E-state index in [2.05, 4.69) is 15.5 Å². The van der Waals surface area contributed by atoms with Gasteiger partial charge in [-0.25, -0.2) is 0 Å². The molecule has 0 unspecified atom stereocenters. The fourth-order valence-corrected chi connectivity index (χ4v) is 2.08. The second-order valence-electron chi connectivity index (χ2n) is 5.31. The van der Waals surface area contributed by atoms with E-state index in [1.54, 1.807) is 30.3 Å². The first-order valence-electron chi connectivity index (χ1n) is 7.33. The molecule has 1 amide bonds. The molecule has 2 N–H and O–H groups in total. The Morgan fingerprint density at radius 3 is 2.42 bits per heavy atom. The number of amides is 1. The molecule has 0 aliphatic heterocycles. The number of benzene rings is 2. The predicted molar refractivity (Wildman–Crippen MR) is 95.8 cm³/mol. The van der Waals surface area contributed by atoms with E-state index < -0.39 is 5.91 Å². The number of carbonyl (C=O) groups is 1. The Morgan fingerprint density at radius 1 is 1.12 bits per heavy atom. The largest absolute Gasteiger partial charge is 0.510 e. The standard InChI is InChI=1S/C18H18ClN3O2/c1-11-5-4-6-16(12(11)2)21-22-17(13(3)23)18(24)20-15-9-7-14(19)8-10-15/h4-10,23H,1-3H3,(H,20,24)/b17-13+,22-21?. The minimum absolute atomic E-state index is 0.147. The van der Waals surface area contributed by atoms with Gasteiger partial charge in [-0.2, -0.15) is 0 Å². The van der Waals surface area contributed by atoms with Crippen LogP contribution in [0.25, 0.3) is 0 Å². The molecule has 2 rings (SSSR count). The van der Waals surface area contributed by atoms with Gasteiger partial charge in [0, 0.05) is 10.7 Å². The Kier molecular flexibility index (Phi) is 5.71. The highest BCUT2D eigenvalue weighted by Crippen LogP contribution is 2.23. The first-order chi connectivity index (χ1) is 11.4. The van der Waals surface area contributed by atoms with Crippen molar-refractivity contribution in [2.24, 2.45) is 10.2 Å². The van der Waals surface area contributed by atoms with Crippen LogP contribution in [0.5, 0.6) is 0 Å². The van der Waals surface area contributed by atoms with Crippen LogP contribution in [0.15, 0.2) is 64.1 Å². The van der Waals surface area contributed by atoms with Gasteiger partial charge < -0.3 is 10.4 Å². The van der Waals surface area contributed by atoms with Crippen molar-refractivity contribution in [2.75, 3.05) is 5.32 Å². The van der Waals surface area contributed by atoms with Crippen molar-refractivity contribution in [3.05, 3.63) is 70.1 Å². The number of halogens is 1. The molecular weight excluding hydrogens is 326 g/mol. The lowest BCUT2D eigenvalue weighted by molar-refractivity contribution is -0.113. The highest BCUT2D eigenvalue weighted by molar-refractivity contribution is 6.30. The van der Waals surface area contributed by atoms with Gasteiger partial charge in [-0.15, -0.1) is 10.2 Å². The molecule has 0 atom stereocenters. The van der Waals surface area contributed by atoms with Gasteiger partial charge in [0.15, 0.2) is 5.70 Å². The Bertz CT molecular complexity index is 808. The zero-order chi connectivity index (χ0) is 17.7. The summed E-state index contributed by atoms with van der Waals surface area (Å²) < 4.78 is 0. The van der Waals surface area contributed by atoms with Gasteiger partial charge in [-0.05, 0) is 62.2 Å². The van der Waals surface area contributed by atoms with E-state index in [1.807, 2.05) is 26.0 Å². The summed E-state index contributed by atoms with van der Waals surface area (Å²) >= 11 is 5.81. The van der Waals surface area contributed by atoms with Crippen LogP contribution in [-0.2, 0) is 4.79 Å². The Labute approximate surface area is 145 Å². The van der Waals surface area contributed by atoms with Crippen molar-refractivity contribution >= 4 is 28.9 Å². The van der Waals surface area contributed by atoms with E-state index in [0.717, 1.165) is 11.1 Å². The quantitative estimate of drug-likeness (QED) is 0.439. The van der Waals surface area contributed by atoms with Gasteiger partial charge in [-0.1, -0.05) is 23.7 Å². The monoisotopic (exact) mass is 343 g/mol. The highest BCUT2D eigenvalue weighted by Gasteiger charge is 2.13. The van der Waals surface area contributed by atoms with E-state index in [4.69, 9.17) is 11.6 Å². The summed E-state index contributed by atoms with van der Waals surface area (Å²) in [6, 6.07) is 12.3. The number of nitrogens with zero attached hydrogens (tertiary/aromatic N) is 2. The number of carbonyl (C=O) groups excluding carboxylic acids is 1. The van der Waals surface area contributed by atoms with Gasteiger partial charge in [0.1, 0.15) is 5.76 Å². The zero-order valence-electron chi connectivity index (χ0n) is 13.7. The normalized spacial score (nSPS) is 12.2. The third kappa shape index (κ3) is 4.43. The minimum Gasteiger partial charge on any atom is -0.510 e. The molecule has 0 aromatic heterocycles. The lowest BCUT2D eigenvalue weighted by Gasteiger charge is -2.06. The maximum atomic E-state index is 12.3. The fourth-order valence-electron chi connectivity index (χ4n) is 1.95. The summed E-state index contributed by atoms with van der Waals surface area (Å²) in [7, 11) is 0. The minimum atomic E-state index is -0.550. The SMILES string of the molecule is C/C(O)=C(\N=Nc1cccc(C)c1C)C(=O)Nc1ccc(Cl)cc1. The Balaban J connectivity index is 2.22. The Hall–Kier alpha value is -2.66. The lowest BCUT2D eigenvalue weighted by atomic mass is 10.1. The van der Waals surface area contributed by atoms with Gasteiger partial charge in [-0.3, -0.25) is 4.79 Å². The Morgan fingerprint density at radius 2 is 1.79 bits per heavy atom. The third-order valence-electron chi connectivity index (χ3n) is 3.49. The summed E-state index contributed by atoms with van der Waals surface area (Å²) in [6.07, 6.45) is 0. The molecule has 0 saturated heterocycles. The maximum Gasteiger partial charge on any atom is 0.279 e. The molecule has 0 radical (unpaired) electrons. The summed E-state index contributed by atoms with van der Waals surface area (Å²) in [6.45, 7) is 5.28. The molecule has 0 fully saturated rings. The van der Waals surface area contributed by atoms with Crippen LogP contribution in [-0.4, -0.2) is 11.0 Å². The van der Waals surface area contributed by atoms with Crippen LogP contribution >= 0.6 is 11.6 Å². The van der Waals surface area contributed by atoms with Crippen LogP contribution in [0, 0.1) is 13.8 Å². The van der Waals surface area contributed by atoms with Crippen molar-refractivity contribution in [2.45, 2.75) is 20.8 Å². The molecule has 6 heteroatoms. The molecular formula is C18H18ClN3O2. The smallest absolute Gasteiger partial charge is 0.279 e. The molecule has 0 aliphatic rings. The number of aliphatic hydroxyl groups is 1. The number of nitrogens with one attached hydrogen (secondary N) is 1. The number of azo groups is 1. The predicted octanol–water partition coefficient (Wildman–Crippen LogP) is 5.47. The van der Waals surface area contributed by atoms with Crippen LogP contribution < -0.4 is 5.32 Å². The second kappa shape index (κ2) is 7.75. The van der Waals surface area contributed by atoms with Gasteiger partial charge in [0.05, 0.1) is 5.69 Å². The molecule has 0 spiro atoms. The number of allylic oxidation sites excluding steroid dienone is 1. The number of hydrogen-bond donors (Lipinski definition) is 2. The van der Waals surface area contributed by atoms with Crippen LogP contribution in [0.1, 0.15) is 18.1 Å². The van der Waals surface area contributed by atoms with Gasteiger partial charge >= 0.3 is 0 Å². The molecule has 2 aromatic carbocycles. The molecule has 24 heavy (non-hydrogen) atoms. The first kappa shape index (κ1) is 17.7. The third-order valence-corrected chi connectivity index (χ3v) is 3.75. The number of aryl methyl sites for hydroxylation is 1. The van der Waals surface area contributed by atoms with E-state index in [1.165, 1.54) is 6.92 Å². The molecule has 0 aliphatic carbocycles. The van der Waals surface area contributed by atoms with Crippen molar-refractivity contribution < 1.29 is 9.90 Å². The zero-order valence-corrected chi connectivity index (χ0v) is 14.4. The summed E-state index contributed by atoms with van der Waals surface area (Å²) in [4.78, 5) is 12.3. The summed E-state index contributed by atoms with van der Waals surface area (Å²) in [5, 5.41) is 21.0. The van der Waals surface area contributed by atoms with Gasteiger partial charge in [0.25, 0.3) is 5.91 Å². The van der Waals surface area contributed by atoms with Crippen molar-refractivity contribution in [1.29, 1.82) is 0 Å². The number of hydrogen-bond acceptors (Lipinski definition) is 4. The fraction of sp³-hybridized carbons (Fsp3) is 0.167. The van der Waals surface area contributed by atoms with Crippen LogP contribution in [0.2, 0.25) is 5.02 Å². The average molecular weight is 344 g/mol. The second-order valence-corrected chi connectivity index (χ2v) is 5.75. The van der Waals surface area contributed by atoms with Crippen LogP contribution in [0.4, 0.5) is 11.4 Å². The number of aliphatic hydroxyl groups excluding tert-OH is 1. The van der Waals surface area contributed by atoms with Crippen molar-refractivity contribution in [1.82, 2.24) is 0 Å². The topological polar surface area (TPSA) is 74.0 Å². The van der Waals surface area contributed by atoms with Gasteiger partial charge in [0.2, 0.25) is 0 Å². The summed E-state index contributed by atoms with van der Waals surface area (Å²) in [5.74, 6) is -0.762. The molecule has 0 bridgehead atoms. The van der Waals surface area contributed by atoms with E-state index >= 15 is 0 Å². The molecule has 124 valence electrons. The maximum absolute atomic E-state index is 12.3. The number of rotatable bonds is 4. The molecule has 0 saturated carbocycles. The van der Waals surface area contributed by atoms with E-state index in [0.29, 0.717) is 16.4 Å². The van der Waals surface area contributed by atoms with Crippen molar-refractivity contribution in [3.63, 3.8) is 0 Å². The van der Waals surface area contributed by atoms with Crippen LogP contribution in [0.3, 0.4) is 0 Å². The molecule has 2 aromatic rings. The molecule has 5 nitrogen and oxygen atoms in total. The first-order valence-corrected chi connectivity index (χ1v) is 7.71. The molecule has 0 heterocycles. The lowest BCUT2D eigenvalue weighted by Crippen LogP contribution is -2.14. The highest BCUT2D eigenvalue weighted by atomic mass is 35.5. The van der Waals surface area contributed by atoms with E-state index in [-0.39, 0.29) is 11.5 Å². The average Bonchev–Trinajstić information content (AvgIpc) is 2.53. The van der Waals surface area contributed by atoms with E-state index in [9.17, 15) is 9.90 Å². The number of anilines is 1. The van der Waals surface area contributed by atoms with Crippen molar-refractivity contribution in [3.8, 4) is 0 Å². The summed E-state index contributed by atoms with van der Waals surface area (Å²) in [5.41, 5.74) is 3.08.